The second kappa shape index (κ2) is 7.35. The summed E-state index contributed by atoms with van der Waals surface area (Å²) < 4.78 is 27.7. The van der Waals surface area contributed by atoms with Gasteiger partial charge in [-0.2, -0.15) is 0 Å². The molecule has 0 bridgehead atoms. The molecule has 0 aliphatic carbocycles. The molecule has 2 aliphatic rings. The van der Waals surface area contributed by atoms with E-state index in [1.807, 2.05) is 32.6 Å². The van der Waals surface area contributed by atoms with E-state index in [1.54, 1.807) is 17.8 Å². The minimum atomic E-state index is -1.03. The van der Waals surface area contributed by atoms with E-state index in [2.05, 4.69) is 10.3 Å². The van der Waals surface area contributed by atoms with Crippen LogP contribution in [0.1, 0.15) is 53.2 Å². The van der Waals surface area contributed by atoms with Crippen LogP contribution >= 0.6 is 0 Å². The summed E-state index contributed by atoms with van der Waals surface area (Å²) in [6.45, 7) is 11.4. The van der Waals surface area contributed by atoms with Gasteiger partial charge in [0.05, 0.1) is 17.4 Å². The van der Waals surface area contributed by atoms with Gasteiger partial charge in [0, 0.05) is 26.6 Å². The van der Waals surface area contributed by atoms with Gasteiger partial charge in [0.2, 0.25) is 5.91 Å². The Hall–Kier alpha value is -1.74. The molecule has 0 aromatic carbocycles. The van der Waals surface area contributed by atoms with Crippen molar-refractivity contribution in [2.45, 2.75) is 65.2 Å². The minimum Gasteiger partial charge on any atom is -0.398 e. The van der Waals surface area contributed by atoms with Gasteiger partial charge in [-0.3, -0.25) is 9.48 Å². The highest BCUT2D eigenvalue weighted by molar-refractivity contribution is 6.54. The fourth-order valence-corrected chi connectivity index (χ4v) is 3.33. The highest BCUT2D eigenvalue weighted by atomic mass is 19.1. The minimum absolute atomic E-state index is 0.125. The lowest BCUT2D eigenvalue weighted by Gasteiger charge is -2.32. The number of piperidine rings is 1. The van der Waals surface area contributed by atoms with Crippen LogP contribution in [-0.2, 0) is 20.6 Å². The molecule has 1 aromatic heterocycles. The lowest BCUT2D eigenvalue weighted by atomic mass is 9.87. The van der Waals surface area contributed by atoms with Crippen LogP contribution in [-0.4, -0.2) is 57.2 Å². The third kappa shape index (κ3) is 4.40. The van der Waals surface area contributed by atoms with Crippen molar-refractivity contribution in [1.82, 2.24) is 19.9 Å². The van der Waals surface area contributed by atoms with Crippen molar-refractivity contribution in [3.8, 4) is 0 Å². The molecule has 3 rings (SSSR count). The van der Waals surface area contributed by atoms with Crippen molar-refractivity contribution in [2.75, 3.05) is 13.1 Å². The average Bonchev–Trinajstić information content (AvgIpc) is 3.09. The lowest BCUT2D eigenvalue weighted by Crippen LogP contribution is -2.41. The van der Waals surface area contributed by atoms with Gasteiger partial charge in [-0.1, -0.05) is 5.21 Å². The Morgan fingerprint density at radius 1 is 1.30 bits per heavy atom. The molecule has 0 saturated carbocycles. The monoisotopic (exact) mass is 378 g/mol. The Labute approximate surface area is 160 Å². The van der Waals surface area contributed by atoms with Gasteiger partial charge in [0.15, 0.2) is 0 Å². The quantitative estimate of drug-likeness (QED) is 0.753. The SMILES string of the molecule is CC(=O)N1CCC(Cn2cc(C=C(F)B3OC(C)(C)C(C)(C)O3)nn2)CC1. The summed E-state index contributed by atoms with van der Waals surface area (Å²) in [4.78, 5) is 13.3. The van der Waals surface area contributed by atoms with Gasteiger partial charge in [-0.25, -0.2) is 4.39 Å². The number of rotatable bonds is 4. The second-order valence-electron chi connectivity index (χ2n) is 8.43. The van der Waals surface area contributed by atoms with Gasteiger partial charge in [-0.05, 0) is 52.5 Å². The van der Waals surface area contributed by atoms with E-state index in [4.69, 9.17) is 9.31 Å². The molecule has 1 aromatic rings. The summed E-state index contributed by atoms with van der Waals surface area (Å²) in [6.07, 6.45) is 4.91. The van der Waals surface area contributed by atoms with Crippen LogP contribution in [0.4, 0.5) is 4.39 Å². The topological polar surface area (TPSA) is 69.5 Å². The first-order chi connectivity index (χ1) is 12.6. The van der Waals surface area contributed by atoms with Crippen LogP contribution in [0.25, 0.3) is 6.08 Å². The van der Waals surface area contributed by atoms with E-state index >= 15 is 0 Å². The van der Waals surface area contributed by atoms with E-state index in [0.717, 1.165) is 25.9 Å². The van der Waals surface area contributed by atoms with Crippen LogP contribution < -0.4 is 0 Å². The van der Waals surface area contributed by atoms with Crippen molar-refractivity contribution in [3.63, 3.8) is 0 Å². The standard InChI is InChI=1S/C18H28BFN4O3/c1-13(25)23-8-6-14(7-9-23)11-24-12-15(21-22-24)10-16(20)19-26-17(2,3)18(4,5)27-19/h10,12,14H,6-9,11H2,1-5H3. The van der Waals surface area contributed by atoms with E-state index in [0.29, 0.717) is 18.2 Å². The van der Waals surface area contributed by atoms with Crippen LogP contribution in [0.2, 0.25) is 0 Å². The van der Waals surface area contributed by atoms with Crippen LogP contribution in [0.5, 0.6) is 0 Å². The zero-order chi connectivity index (χ0) is 19.8. The molecule has 2 aliphatic heterocycles. The molecule has 0 unspecified atom stereocenters. The Morgan fingerprint density at radius 2 is 1.89 bits per heavy atom. The summed E-state index contributed by atoms with van der Waals surface area (Å²) >= 11 is 0. The zero-order valence-corrected chi connectivity index (χ0v) is 16.7. The van der Waals surface area contributed by atoms with Crippen LogP contribution in [0, 0.1) is 5.92 Å². The molecule has 2 saturated heterocycles. The predicted molar refractivity (Wildman–Crippen MR) is 100 cm³/mol. The van der Waals surface area contributed by atoms with E-state index < -0.39 is 24.0 Å². The Kier molecular flexibility index (Phi) is 5.45. The first-order valence-electron chi connectivity index (χ1n) is 9.46. The maximum Gasteiger partial charge on any atom is 0.525 e. The fraction of sp³-hybridized carbons (Fsp3) is 0.722. The van der Waals surface area contributed by atoms with Crippen molar-refractivity contribution in [3.05, 3.63) is 17.6 Å². The third-order valence-electron chi connectivity index (χ3n) is 5.83. The highest BCUT2D eigenvalue weighted by Gasteiger charge is 2.53. The summed E-state index contributed by atoms with van der Waals surface area (Å²) in [5.74, 6) is 0.562. The Bertz CT molecular complexity index is 710. The normalized spacial score (nSPS) is 23.1. The summed E-state index contributed by atoms with van der Waals surface area (Å²) in [5.41, 5.74) is -1.26. The molecular formula is C18H28BFN4O3. The van der Waals surface area contributed by atoms with Gasteiger partial charge >= 0.3 is 7.12 Å². The number of amides is 1. The first-order valence-corrected chi connectivity index (χ1v) is 9.46. The number of hydrogen-bond acceptors (Lipinski definition) is 5. The molecule has 2 fully saturated rings. The van der Waals surface area contributed by atoms with E-state index in [9.17, 15) is 9.18 Å². The van der Waals surface area contributed by atoms with Crippen molar-refractivity contribution in [1.29, 1.82) is 0 Å². The number of carbonyl (C=O) groups is 1. The Morgan fingerprint density at radius 3 is 2.44 bits per heavy atom. The van der Waals surface area contributed by atoms with Crippen LogP contribution in [0.3, 0.4) is 0 Å². The maximum absolute atomic E-state index is 14.6. The fourth-order valence-electron chi connectivity index (χ4n) is 3.33. The number of likely N-dealkylation sites (tertiary alicyclic amines) is 1. The molecule has 7 nitrogen and oxygen atoms in total. The van der Waals surface area contributed by atoms with Crippen molar-refractivity contribution in [2.24, 2.45) is 5.92 Å². The smallest absolute Gasteiger partial charge is 0.398 e. The largest absolute Gasteiger partial charge is 0.525 e. The highest BCUT2D eigenvalue weighted by Crippen LogP contribution is 2.39. The number of hydrogen-bond donors (Lipinski definition) is 0. The molecule has 0 N–H and O–H groups in total. The number of aromatic nitrogens is 3. The third-order valence-corrected chi connectivity index (χ3v) is 5.83. The summed E-state index contributed by atoms with van der Waals surface area (Å²) in [6, 6.07) is 0. The number of halogens is 1. The van der Waals surface area contributed by atoms with Crippen LogP contribution in [0.15, 0.2) is 11.9 Å². The molecule has 0 atom stereocenters. The zero-order valence-electron chi connectivity index (χ0n) is 16.7. The van der Waals surface area contributed by atoms with Crippen molar-refractivity contribution < 1.29 is 18.5 Å². The molecule has 148 valence electrons. The van der Waals surface area contributed by atoms with Gasteiger partial charge in [-0.15, -0.1) is 5.10 Å². The molecule has 1 amide bonds. The lowest BCUT2D eigenvalue weighted by molar-refractivity contribution is -0.130. The first kappa shape index (κ1) is 20.0. The maximum atomic E-state index is 14.6. The molecular weight excluding hydrogens is 350 g/mol. The van der Waals surface area contributed by atoms with Crippen molar-refractivity contribution >= 4 is 19.1 Å². The molecule has 0 spiro atoms. The average molecular weight is 378 g/mol. The van der Waals surface area contributed by atoms with E-state index in [-0.39, 0.29) is 5.91 Å². The van der Waals surface area contributed by atoms with Gasteiger partial charge < -0.3 is 14.2 Å². The summed E-state index contributed by atoms with van der Waals surface area (Å²) in [5, 5.41) is 8.12. The Balaban J connectivity index is 1.58. The van der Waals surface area contributed by atoms with Gasteiger partial charge in [0.1, 0.15) is 11.4 Å². The molecule has 3 heterocycles. The molecule has 0 radical (unpaired) electrons. The van der Waals surface area contributed by atoms with E-state index in [1.165, 1.54) is 6.08 Å². The van der Waals surface area contributed by atoms with Gasteiger partial charge in [0.25, 0.3) is 0 Å². The predicted octanol–water partition coefficient (Wildman–Crippen LogP) is 2.48. The number of carbonyl (C=O) groups excluding carboxylic acids is 1. The molecule has 9 heteroatoms. The second-order valence-corrected chi connectivity index (χ2v) is 8.43. The number of nitrogens with zero attached hydrogens (tertiary/aromatic N) is 4. The molecule has 27 heavy (non-hydrogen) atoms. The summed E-state index contributed by atoms with van der Waals surface area (Å²) in [7, 11) is -1.03.